The van der Waals surface area contributed by atoms with Crippen molar-refractivity contribution in [2.45, 2.75) is 6.61 Å². The molecule has 0 saturated heterocycles. The fourth-order valence-electron chi connectivity index (χ4n) is 2.67. The molecule has 4 rings (SSSR count). The first-order chi connectivity index (χ1) is 12.8. The molecule has 0 amide bonds. The van der Waals surface area contributed by atoms with E-state index >= 15 is 0 Å². The minimum Gasteiger partial charge on any atom is -0.489 e. The molecule has 3 aromatic carbocycles. The van der Waals surface area contributed by atoms with Crippen LogP contribution in [0.15, 0.2) is 84.9 Å². The summed E-state index contributed by atoms with van der Waals surface area (Å²) >= 11 is 1.42. The molecule has 0 bridgehead atoms. The molecule has 4 nitrogen and oxygen atoms in total. The Morgan fingerprint density at radius 2 is 1.50 bits per heavy atom. The van der Waals surface area contributed by atoms with E-state index in [-0.39, 0.29) is 0 Å². The molecule has 4 aromatic rings. The maximum absolute atomic E-state index is 5.96. The molecular formula is C21H18N3OS+. The van der Waals surface area contributed by atoms with Crippen LogP contribution in [0, 0.1) is 0 Å². The zero-order chi connectivity index (χ0) is 17.8. The second-order valence-corrected chi connectivity index (χ2v) is 6.76. The third-order valence-electron chi connectivity index (χ3n) is 3.94. The molecule has 0 radical (unpaired) electrons. The van der Waals surface area contributed by atoms with E-state index in [0.717, 1.165) is 28.4 Å². The molecule has 0 aliphatic heterocycles. The number of benzene rings is 3. The SMILES string of the molecule is Nc1nc(-c2ccccc2)[n+](-c2ccc(OCc3ccccc3)cc2)s1. The minimum absolute atomic E-state index is 0.535. The first-order valence-electron chi connectivity index (χ1n) is 8.31. The lowest BCUT2D eigenvalue weighted by Crippen LogP contribution is -2.27. The minimum atomic E-state index is 0.535. The Balaban J connectivity index is 1.56. The van der Waals surface area contributed by atoms with E-state index in [1.165, 1.54) is 11.5 Å². The van der Waals surface area contributed by atoms with Crippen molar-refractivity contribution in [3.05, 3.63) is 90.5 Å². The average molecular weight is 360 g/mol. The number of hydrogen-bond acceptors (Lipinski definition) is 4. The van der Waals surface area contributed by atoms with E-state index in [1.54, 1.807) is 0 Å². The van der Waals surface area contributed by atoms with E-state index < -0.39 is 0 Å². The summed E-state index contributed by atoms with van der Waals surface area (Å²) in [5.41, 5.74) is 9.14. The Kier molecular flexibility index (Phi) is 4.62. The number of hydrogen-bond donors (Lipinski definition) is 1. The van der Waals surface area contributed by atoms with Gasteiger partial charge in [-0.05, 0) is 46.9 Å². The summed E-state index contributed by atoms with van der Waals surface area (Å²) in [6.07, 6.45) is 0. The third-order valence-corrected chi connectivity index (χ3v) is 4.79. The zero-order valence-electron chi connectivity index (χ0n) is 14.1. The molecule has 128 valence electrons. The number of anilines is 1. The van der Waals surface area contributed by atoms with Crippen LogP contribution in [-0.4, -0.2) is 4.98 Å². The highest BCUT2D eigenvalue weighted by Crippen LogP contribution is 2.21. The van der Waals surface area contributed by atoms with Crippen molar-refractivity contribution in [2.75, 3.05) is 5.73 Å². The first kappa shape index (κ1) is 16.3. The lowest BCUT2D eigenvalue weighted by atomic mass is 10.2. The van der Waals surface area contributed by atoms with Crippen molar-refractivity contribution in [1.29, 1.82) is 0 Å². The van der Waals surface area contributed by atoms with Gasteiger partial charge in [0.1, 0.15) is 29.6 Å². The largest absolute Gasteiger partial charge is 0.489 e. The molecule has 0 aliphatic rings. The van der Waals surface area contributed by atoms with Crippen molar-refractivity contribution < 1.29 is 8.69 Å². The molecule has 0 fully saturated rings. The van der Waals surface area contributed by atoms with Crippen LogP contribution in [-0.2, 0) is 6.61 Å². The number of ether oxygens (including phenoxy) is 1. The fourth-order valence-corrected chi connectivity index (χ4v) is 3.44. The predicted molar refractivity (Wildman–Crippen MR) is 104 cm³/mol. The van der Waals surface area contributed by atoms with E-state index in [9.17, 15) is 0 Å². The standard InChI is InChI=1S/C21H17N3OS/c22-21-23-20(17-9-5-2-6-10-17)24(26-21)18-11-13-19(14-12-18)25-15-16-7-3-1-4-8-16/h1-14,22H,15H2/p+1. The monoisotopic (exact) mass is 360 g/mol. The lowest BCUT2D eigenvalue weighted by molar-refractivity contribution is -0.509. The van der Waals surface area contributed by atoms with Crippen LogP contribution in [0.4, 0.5) is 5.13 Å². The molecule has 5 heteroatoms. The van der Waals surface area contributed by atoms with Crippen molar-refractivity contribution in [3.63, 3.8) is 0 Å². The maximum Gasteiger partial charge on any atom is 0.350 e. The molecule has 0 unspecified atom stereocenters. The van der Waals surface area contributed by atoms with Crippen molar-refractivity contribution >= 4 is 16.7 Å². The zero-order valence-corrected chi connectivity index (χ0v) is 14.9. The Morgan fingerprint density at radius 1 is 0.846 bits per heavy atom. The molecule has 1 aromatic heterocycles. The van der Waals surface area contributed by atoms with E-state index in [0.29, 0.717) is 11.7 Å². The lowest BCUT2D eigenvalue weighted by Gasteiger charge is -2.06. The summed E-state index contributed by atoms with van der Waals surface area (Å²) in [5.74, 6) is 1.67. The van der Waals surface area contributed by atoms with Gasteiger partial charge in [-0.3, -0.25) is 0 Å². The Hall–Kier alpha value is -3.18. The van der Waals surface area contributed by atoms with Crippen molar-refractivity contribution in [2.24, 2.45) is 0 Å². The summed E-state index contributed by atoms with van der Waals surface area (Å²) < 4.78 is 7.89. The number of aromatic nitrogens is 2. The Bertz CT molecular complexity index is 983. The van der Waals surface area contributed by atoms with Gasteiger partial charge in [0.2, 0.25) is 0 Å². The van der Waals surface area contributed by atoms with E-state index in [2.05, 4.69) is 17.1 Å². The summed E-state index contributed by atoms with van der Waals surface area (Å²) in [6.45, 7) is 0.552. The predicted octanol–water partition coefficient (Wildman–Crippen LogP) is 4.25. The number of nitrogens with zero attached hydrogens (tertiary/aromatic N) is 2. The maximum atomic E-state index is 5.96. The highest BCUT2D eigenvalue weighted by molar-refractivity contribution is 7.05. The van der Waals surface area contributed by atoms with Gasteiger partial charge in [0.05, 0.1) is 5.56 Å². The molecule has 26 heavy (non-hydrogen) atoms. The molecule has 0 saturated carbocycles. The highest BCUT2D eigenvalue weighted by Gasteiger charge is 2.22. The Morgan fingerprint density at radius 3 is 2.19 bits per heavy atom. The third kappa shape index (κ3) is 3.58. The van der Waals surface area contributed by atoms with Gasteiger partial charge < -0.3 is 10.5 Å². The molecule has 2 N–H and O–H groups in total. The summed E-state index contributed by atoms with van der Waals surface area (Å²) in [4.78, 5) is 4.48. The van der Waals surface area contributed by atoms with Crippen LogP contribution in [0.3, 0.4) is 0 Å². The topological polar surface area (TPSA) is 52.0 Å². The number of rotatable bonds is 5. The van der Waals surface area contributed by atoms with Gasteiger partial charge in [-0.15, -0.1) is 3.96 Å². The van der Waals surface area contributed by atoms with Crippen LogP contribution >= 0.6 is 11.5 Å². The van der Waals surface area contributed by atoms with Crippen LogP contribution in [0.1, 0.15) is 5.56 Å². The molecule has 0 aliphatic carbocycles. The first-order valence-corrected chi connectivity index (χ1v) is 9.08. The smallest absolute Gasteiger partial charge is 0.350 e. The molecular weight excluding hydrogens is 342 g/mol. The summed E-state index contributed by atoms with van der Waals surface area (Å²) in [5, 5.41) is 0.535. The second kappa shape index (κ2) is 7.37. The highest BCUT2D eigenvalue weighted by atomic mass is 32.1. The van der Waals surface area contributed by atoms with Crippen LogP contribution < -0.4 is 14.4 Å². The van der Waals surface area contributed by atoms with Gasteiger partial charge in [-0.2, -0.15) is 0 Å². The summed E-state index contributed by atoms with van der Waals surface area (Å²) in [6, 6.07) is 28.1. The Labute approximate surface area is 156 Å². The summed E-state index contributed by atoms with van der Waals surface area (Å²) in [7, 11) is 0. The van der Waals surface area contributed by atoms with Gasteiger partial charge >= 0.3 is 11.0 Å². The quantitative estimate of drug-likeness (QED) is 0.541. The molecule has 0 atom stereocenters. The average Bonchev–Trinajstić information content (AvgIpc) is 3.10. The molecule has 1 heterocycles. The van der Waals surface area contributed by atoms with Crippen LogP contribution in [0.5, 0.6) is 5.75 Å². The van der Waals surface area contributed by atoms with Gasteiger partial charge in [-0.25, -0.2) is 0 Å². The van der Waals surface area contributed by atoms with Gasteiger partial charge in [0, 0.05) is 0 Å². The van der Waals surface area contributed by atoms with Gasteiger partial charge in [-0.1, -0.05) is 48.5 Å². The number of nitrogens with two attached hydrogens (primary N) is 1. The number of nitrogen functional groups attached to an aromatic ring is 1. The van der Waals surface area contributed by atoms with Crippen molar-refractivity contribution in [3.8, 4) is 22.8 Å². The van der Waals surface area contributed by atoms with Gasteiger partial charge in [0.25, 0.3) is 0 Å². The normalized spacial score (nSPS) is 10.6. The van der Waals surface area contributed by atoms with E-state index in [1.807, 2.05) is 76.8 Å². The van der Waals surface area contributed by atoms with E-state index in [4.69, 9.17) is 10.5 Å². The van der Waals surface area contributed by atoms with Crippen LogP contribution in [0.2, 0.25) is 0 Å². The van der Waals surface area contributed by atoms with Gasteiger partial charge in [0.15, 0.2) is 0 Å². The second-order valence-electron chi connectivity index (χ2n) is 5.79. The molecule has 0 spiro atoms. The van der Waals surface area contributed by atoms with Crippen LogP contribution in [0.25, 0.3) is 17.1 Å². The fraction of sp³-hybridized carbons (Fsp3) is 0.0476. The van der Waals surface area contributed by atoms with Crippen molar-refractivity contribution in [1.82, 2.24) is 4.98 Å².